The van der Waals surface area contributed by atoms with Crippen molar-refractivity contribution in [3.05, 3.63) is 113 Å². The number of halogens is 1. The highest BCUT2D eigenvalue weighted by Gasteiger charge is 2.30. The van der Waals surface area contributed by atoms with E-state index in [1.165, 1.54) is 0 Å². The zero-order valence-electron chi connectivity index (χ0n) is 20.5. The summed E-state index contributed by atoms with van der Waals surface area (Å²) in [6, 6.07) is 25.7. The molecule has 1 amide bonds. The molecule has 1 aromatic heterocycles. The van der Waals surface area contributed by atoms with Crippen molar-refractivity contribution in [2.75, 3.05) is 13.2 Å². The molecular formula is C30H27ClN2O5. The minimum Gasteiger partial charge on any atom is -0.492 e. The first-order valence-electron chi connectivity index (χ1n) is 12.4. The SMILES string of the molecule is O=C(NC(Cc1cccn1CCOc1ccc(Cl)cc1)C(=O)O)OCC1c2ccccc2-c2ccccc21. The molecule has 1 atom stereocenters. The van der Waals surface area contributed by atoms with Gasteiger partial charge < -0.3 is 24.5 Å². The number of hydrogen-bond acceptors (Lipinski definition) is 4. The number of nitrogens with one attached hydrogen (secondary N) is 1. The van der Waals surface area contributed by atoms with E-state index in [0.717, 1.165) is 27.9 Å². The Hall–Kier alpha value is -4.23. The van der Waals surface area contributed by atoms with E-state index >= 15 is 0 Å². The third kappa shape index (κ3) is 5.68. The first-order valence-corrected chi connectivity index (χ1v) is 12.7. The van der Waals surface area contributed by atoms with Crippen LogP contribution in [0.3, 0.4) is 0 Å². The Morgan fingerprint density at radius 1 is 0.921 bits per heavy atom. The number of alkyl carbamates (subject to hydrolysis) is 1. The van der Waals surface area contributed by atoms with Crippen molar-refractivity contribution in [3.63, 3.8) is 0 Å². The van der Waals surface area contributed by atoms with Crippen molar-refractivity contribution >= 4 is 23.7 Å². The van der Waals surface area contributed by atoms with E-state index in [9.17, 15) is 14.7 Å². The van der Waals surface area contributed by atoms with Crippen LogP contribution in [0, 0.1) is 0 Å². The first kappa shape index (κ1) is 25.4. The molecule has 5 rings (SSSR count). The summed E-state index contributed by atoms with van der Waals surface area (Å²) in [6.45, 7) is 1.02. The van der Waals surface area contributed by atoms with Crippen molar-refractivity contribution in [2.45, 2.75) is 24.9 Å². The molecule has 0 saturated heterocycles. The average molecular weight is 531 g/mol. The van der Waals surface area contributed by atoms with Crippen molar-refractivity contribution < 1.29 is 24.2 Å². The van der Waals surface area contributed by atoms with E-state index < -0.39 is 18.1 Å². The number of hydrogen-bond donors (Lipinski definition) is 2. The Bertz CT molecular complexity index is 1390. The summed E-state index contributed by atoms with van der Waals surface area (Å²) < 4.78 is 13.2. The summed E-state index contributed by atoms with van der Waals surface area (Å²) in [4.78, 5) is 24.6. The maximum absolute atomic E-state index is 12.7. The fourth-order valence-corrected chi connectivity index (χ4v) is 4.96. The van der Waals surface area contributed by atoms with Crippen LogP contribution in [0.4, 0.5) is 4.79 Å². The quantitative estimate of drug-likeness (QED) is 0.272. The lowest BCUT2D eigenvalue weighted by Crippen LogP contribution is -2.43. The van der Waals surface area contributed by atoms with Crippen molar-refractivity contribution in [3.8, 4) is 16.9 Å². The maximum atomic E-state index is 12.7. The lowest BCUT2D eigenvalue weighted by molar-refractivity contribution is -0.139. The molecule has 8 heteroatoms. The number of benzene rings is 3. The number of carbonyl (C=O) groups is 2. The summed E-state index contributed by atoms with van der Waals surface area (Å²) in [5.74, 6) is -0.540. The Labute approximate surface area is 225 Å². The van der Waals surface area contributed by atoms with Gasteiger partial charge in [0.1, 0.15) is 25.0 Å². The van der Waals surface area contributed by atoms with E-state index in [-0.39, 0.29) is 18.9 Å². The Morgan fingerprint density at radius 2 is 1.58 bits per heavy atom. The zero-order valence-corrected chi connectivity index (χ0v) is 21.3. The van der Waals surface area contributed by atoms with Crippen LogP contribution in [0.2, 0.25) is 5.02 Å². The highest BCUT2D eigenvalue weighted by Crippen LogP contribution is 2.44. The van der Waals surface area contributed by atoms with Gasteiger partial charge >= 0.3 is 12.1 Å². The first-order chi connectivity index (χ1) is 18.5. The molecule has 0 saturated carbocycles. The molecule has 1 heterocycles. The fourth-order valence-electron chi connectivity index (χ4n) is 4.84. The van der Waals surface area contributed by atoms with Crippen LogP contribution in [0.15, 0.2) is 91.1 Å². The topological polar surface area (TPSA) is 89.8 Å². The van der Waals surface area contributed by atoms with Gasteiger partial charge in [0, 0.05) is 29.3 Å². The molecule has 0 bridgehead atoms. The van der Waals surface area contributed by atoms with E-state index in [0.29, 0.717) is 23.9 Å². The second kappa shape index (κ2) is 11.4. The van der Waals surface area contributed by atoms with Gasteiger partial charge in [-0.3, -0.25) is 0 Å². The lowest BCUT2D eigenvalue weighted by atomic mass is 9.98. The van der Waals surface area contributed by atoms with Gasteiger partial charge in [0.15, 0.2) is 0 Å². The van der Waals surface area contributed by atoms with Crippen LogP contribution in [0.5, 0.6) is 5.75 Å². The van der Waals surface area contributed by atoms with Crippen LogP contribution in [0.25, 0.3) is 11.1 Å². The number of carbonyl (C=O) groups excluding carboxylic acids is 1. The molecule has 0 spiro atoms. The number of ether oxygens (including phenoxy) is 2. The molecule has 4 aromatic rings. The highest BCUT2D eigenvalue weighted by atomic mass is 35.5. The monoisotopic (exact) mass is 530 g/mol. The van der Waals surface area contributed by atoms with Gasteiger partial charge in [-0.1, -0.05) is 60.1 Å². The molecule has 194 valence electrons. The summed E-state index contributed by atoms with van der Waals surface area (Å²) in [6.07, 6.45) is 1.20. The third-order valence-electron chi connectivity index (χ3n) is 6.69. The van der Waals surface area contributed by atoms with Crippen LogP contribution < -0.4 is 10.1 Å². The van der Waals surface area contributed by atoms with Gasteiger partial charge in [-0.15, -0.1) is 0 Å². The Morgan fingerprint density at radius 3 is 2.24 bits per heavy atom. The largest absolute Gasteiger partial charge is 0.492 e. The average Bonchev–Trinajstić information content (AvgIpc) is 3.50. The number of carboxylic acids is 1. The van der Waals surface area contributed by atoms with Crippen molar-refractivity contribution in [1.29, 1.82) is 0 Å². The summed E-state index contributed by atoms with van der Waals surface area (Å²) in [5, 5.41) is 12.9. The van der Waals surface area contributed by atoms with E-state index in [2.05, 4.69) is 17.4 Å². The number of rotatable bonds is 10. The lowest BCUT2D eigenvalue weighted by Gasteiger charge is -2.18. The molecule has 0 fully saturated rings. The van der Waals surface area contributed by atoms with Crippen LogP contribution in [-0.2, 0) is 22.5 Å². The predicted molar refractivity (Wildman–Crippen MR) is 145 cm³/mol. The summed E-state index contributed by atoms with van der Waals surface area (Å²) in [5.41, 5.74) is 5.20. The van der Waals surface area contributed by atoms with E-state index in [1.807, 2.05) is 59.3 Å². The third-order valence-corrected chi connectivity index (χ3v) is 6.94. The predicted octanol–water partition coefficient (Wildman–Crippen LogP) is 5.75. The fraction of sp³-hybridized carbons (Fsp3) is 0.200. The molecule has 1 aliphatic rings. The van der Waals surface area contributed by atoms with E-state index in [4.69, 9.17) is 21.1 Å². The van der Waals surface area contributed by atoms with Crippen LogP contribution in [0.1, 0.15) is 22.7 Å². The number of aliphatic carboxylic acids is 1. The standard InChI is InChI=1S/C30H27ClN2O5/c31-20-11-13-22(14-12-20)37-17-16-33-15-5-6-21(33)18-28(29(34)35)32-30(36)38-19-27-25-9-3-1-7-23(25)24-8-2-4-10-26(24)27/h1-15,27-28H,16-19H2,(H,32,36)(H,34,35). The smallest absolute Gasteiger partial charge is 0.407 e. The normalized spacial score (nSPS) is 12.9. The van der Waals surface area contributed by atoms with Crippen LogP contribution >= 0.6 is 11.6 Å². The molecular weight excluding hydrogens is 504 g/mol. The molecule has 38 heavy (non-hydrogen) atoms. The van der Waals surface area contributed by atoms with Gasteiger partial charge in [0.25, 0.3) is 0 Å². The number of amides is 1. The molecule has 1 unspecified atom stereocenters. The van der Waals surface area contributed by atoms with Gasteiger partial charge in [0.2, 0.25) is 0 Å². The van der Waals surface area contributed by atoms with Gasteiger partial charge in [-0.05, 0) is 58.7 Å². The summed E-state index contributed by atoms with van der Waals surface area (Å²) in [7, 11) is 0. The zero-order chi connectivity index (χ0) is 26.5. The van der Waals surface area contributed by atoms with Crippen LogP contribution in [-0.4, -0.2) is 41.0 Å². The molecule has 7 nitrogen and oxygen atoms in total. The van der Waals surface area contributed by atoms with Gasteiger partial charge in [-0.25, -0.2) is 9.59 Å². The minimum absolute atomic E-state index is 0.102. The van der Waals surface area contributed by atoms with Gasteiger partial charge in [0.05, 0.1) is 6.54 Å². The number of nitrogens with zero attached hydrogens (tertiary/aromatic N) is 1. The number of aromatic nitrogens is 1. The molecule has 0 radical (unpaired) electrons. The molecule has 1 aliphatic carbocycles. The molecule has 0 aliphatic heterocycles. The summed E-state index contributed by atoms with van der Waals surface area (Å²) >= 11 is 5.90. The number of carboxylic acid groups (broad SMARTS) is 1. The Kier molecular flexibility index (Phi) is 7.65. The minimum atomic E-state index is -1.14. The molecule has 2 N–H and O–H groups in total. The maximum Gasteiger partial charge on any atom is 0.407 e. The Balaban J connectivity index is 1.18. The number of fused-ring (bicyclic) bond motifs is 3. The highest BCUT2D eigenvalue weighted by molar-refractivity contribution is 6.30. The van der Waals surface area contributed by atoms with Crippen molar-refractivity contribution in [2.24, 2.45) is 0 Å². The molecule has 3 aromatic carbocycles. The van der Waals surface area contributed by atoms with Crippen molar-refractivity contribution in [1.82, 2.24) is 9.88 Å². The van der Waals surface area contributed by atoms with E-state index in [1.54, 1.807) is 24.3 Å². The second-order valence-corrected chi connectivity index (χ2v) is 9.50. The van der Waals surface area contributed by atoms with Gasteiger partial charge in [-0.2, -0.15) is 0 Å². The second-order valence-electron chi connectivity index (χ2n) is 9.06.